The molecular weight excluding hydrogens is 226 g/mol. The van der Waals surface area contributed by atoms with E-state index < -0.39 is 17.4 Å². The minimum absolute atomic E-state index is 0.0838. The van der Waals surface area contributed by atoms with E-state index in [1.54, 1.807) is 0 Å². The molecule has 4 N–H and O–H groups in total. The second-order valence-electron chi connectivity index (χ2n) is 4.62. The van der Waals surface area contributed by atoms with Gasteiger partial charge in [-0.2, -0.15) is 0 Å². The summed E-state index contributed by atoms with van der Waals surface area (Å²) in [6.45, 7) is 0.568. The third-order valence-electron chi connectivity index (χ3n) is 3.21. The van der Waals surface area contributed by atoms with Crippen LogP contribution in [-0.4, -0.2) is 42.1 Å². The van der Waals surface area contributed by atoms with Crippen LogP contribution in [0.4, 0.5) is 4.79 Å². The number of hydrogen-bond donors (Lipinski definition) is 4. The first-order valence-electron chi connectivity index (χ1n) is 5.56. The summed E-state index contributed by atoms with van der Waals surface area (Å²) >= 11 is 0. The largest absolute Gasteiger partial charge is 0.481 e. The third kappa shape index (κ3) is 2.66. The average Bonchev–Trinajstić information content (AvgIpc) is 2.96. The molecule has 7 heteroatoms. The van der Waals surface area contributed by atoms with Crippen molar-refractivity contribution >= 4 is 17.9 Å². The molecule has 94 valence electrons. The SMILES string of the molecule is O=C1CC(NC(=O)NCC2(C(=O)O)CC2)CN1. The second kappa shape index (κ2) is 4.23. The zero-order chi connectivity index (χ0) is 12.5. The lowest BCUT2D eigenvalue weighted by molar-refractivity contribution is -0.143. The Morgan fingerprint density at radius 3 is 2.65 bits per heavy atom. The molecule has 0 aromatic heterocycles. The summed E-state index contributed by atoms with van der Waals surface area (Å²) in [6.07, 6.45) is 1.48. The zero-order valence-electron chi connectivity index (χ0n) is 9.28. The van der Waals surface area contributed by atoms with Gasteiger partial charge in [0.25, 0.3) is 0 Å². The van der Waals surface area contributed by atoms with Crippen LogP contribution in [0.25, 0.3) is 0 Å². The molecule has 1 aliphatic heterocycles. The maximum atomic E-state index is 11.4. The summed E-state index contributed by atoms with van der Waals surface area (Å²) in [5.41, 5.74) is -0.763. The fourth-order valence-electron chi connectivity index (χ4n) is 1.81. The highest BCUT2D eigenvalue weighted by molar-refractivity contribution is 5.82. The summed E-state index contributed by atoms with van der Waals surface area (Å²) in [5.74, 6) is -0.949. The second-order valence-corrected chi connectivity index (χ2v) is 4.62. The number of hydrogen-bond acceptors (Lipinski definition) is 3. The number of rotatable bonds is 4. The predicted octanol–water partition coefficient (Wildman–Crippen LogP) is -0.961. The molecule has 3 amide bonds. The van der Waals surface area contributed by atoms with Crippen LogP contribution < -0.4 is 16.0 Å². The van der Waals surface area contributed by atoms with Crippen LogP contribution in [-0.2, 0) is 9.59 Å². The molecule has 0 bridgehead atoms. The monoisotopic (exact) mass is 241 g/mol. The van der Waals surface area contributed by atoms with Crippen molar-refractivity contribution in [2.24, 2.45) is 5.41 Å². The number of aliphatic carboxylic acids is 1. The van der Waals surface area contributed by atoms with Gasteiger partial charge in [0.1, 0.15) is 0 Å². The first-order chi connectivity index (χ1) is 8.02. The highest BCUT2D eigenvalue weighted by Crippen LogP contribution is 2.45. The maximum Gasteiger partial charge on any atom is 0.315 e. The Hall–Kier alpha value is -1.79. The predicted molar refractivity (Wildman–Crippen MR) is 57.3 cm³/mol. The van der Waals surface area contributed by atoms with Crippen LogP contribution in [0.5, 0.6) is 0 Å². The molecule has 0 spiro atoms. The number of urea groups is 1. The molecule has 2 rings (SSSR count). The van der Waals surface area contributed by atoms with E-state index in [2.05, 4.69) is 16.0 Å². The van der Waals surface area contributed by atoms with Gasteiger partial charge >= 0.3 is 12.0 Å². The van der Waals surface area contributed by atoms with Crippen LogP contribution in [0.2, 0.25) is 0 Å². The van der Waals surface area contributed by atoms with E-state index in [1.807, 2.05) is 0 Å². The Bertz CT molecular complexity index is 365. The number of carbonyl (C=O) groups is 3. The van der Waals surface area contributed by atoms with Gasteiger partial charge in [0, 0.05) is 19.5 Å². The average molecular weight is 241 g/mol. The molecule has 1 aliphatic carbocycles. The van der Waals surface area contributed by atoms with Gasteiger partial charge < -0.3 is 21.1 Å². The molecule has 0 aromatic carbocycles. The van der Waals surface area contributed by atoms with E-state index in [-0.39, 0.29) is 24.9 Å². The minimum atomic E-state index is -0.865. The van der Waals surface area contributed by atoms with E-state index in [1.165, 1.54) is 0 Å². The van der Waals surface area contributed by atoms with Crippen molar-refractivity contribution < 1.29 is 19.5 Å². The van der Waals surface area contributed by atoms with Crippen LogP contribution >= 0.6 is 0 Å². The van der Waals surface area contributed by atoms with Crippen molar-refractivity contribution in [3.63, 3.8) is 0 Å². The van der Waals surface area contributed by atoms with Gasteiger partial charge in [-0.1, -0.05) is 0 Å². The summed E-state index contributed by atoms with van der Waals surface area (Å²) in [4.78, 5) is 33.2. The fraction of sp³-hybridized carbons (Fsp3) is 0.700. The normalized spacial score (nSPS) is 24.9. The number of carbonyl (C=O) groups excluding carboxylic acids is 2. The van der Waals surface area contributed by atoms with Crippen LogP contribution in [0.1, 0.15) is 19.3 Å². The van der Waals surface area contributed by atoms with Crippen molar-refractivity contribution in [3.05, 3.63) is 0 Å². The van der Waals surface area contributed by atoms with Crippen molar-refractivity contribution in [3.8, 4) is 0 Å². The van der Waals surface area contributed by atoms with E-state index in [9.17, 15) is 14.4 Å². The van der Waals surface area contributed by atoms with Crippen molar-refractivity contribution in [1.29, 1.82) is 0 Å². The standard InChI is InChI=1S/C10H15N3O4/c14-7-3-6(4-11-7)13-9(17)12-5-10(1-2-10)8(15)16/h6H,1-5H2,(H,11,14)(H,15,16)(H2,12,13,17). The van der Waals surface area contributed by atoms with E-state index in [4.69, 9.17) is 5.11 Å². The Morgan fingerprint density at radius 2 is 2.18 bits per heavy atom. The molecule has 1 heterocycles. The molecule has 1 unspecified atom stereocenters. The molecule has 1 saturated heterocycles. The van der Waals surface area contributed by atoms with Gasteiger partial charge in [0.15, 0.2) is 0 Å². The molecule has 7 nitrogen and oxygen atoms in total. The van der Waals surface area contributed by atoms with E-state index in [0.717, 1.165) is 0 Å². The van der Waals surface area contributed by atoms with Crippen LogP contribution in [0.3, 0.4) is 0 Å². The van der Waals surface area contributed by atoms with Gasteiger partial charge in [-0.3, -0.25) is 9.59 Å². The van der Waals surface area contributed by atoms with Crippen LogP contribution in [0.15, 0.2) is 0 Å². The topological polar surface area (TPSA) is 108 Å². The molecule has 2 fully saturated rings. The van der Waals surface area contributed by atoms with Crippen molar-refractivity contribution in [2.75, 3.05) is 13.1 Å². The number of amides is 3. The zero-order valence-corrected chi connectivity index (χ0v) is 9.28. The van der Waals surface area contributed by atoms with E-state index in [0.29, 0.717) is 19.4 Å². The quantitative estimate of drug-likeness (QED) is 0.508. The van der Waals surface area contributed by atoms with Gasteiger partial charge in [-0.25, -0.2) is 4.79 Å². The fourth-order valence-corrected chi connectivity index (χ4v) is 1.81. The summed E-state index contributed by atoms with van der Waals surface area (Å²) < 4.78 is 0. The molecule has 0 aromatic rings. The molecule has 17 heavy (non-hydrogen) atoms. The summed E-state index contributed by atoms with van der Waals surface area (Å²) in [6, 6.07) is -0.624. The first kappa shape index (κ1) is 11.7. The highest BCUT2D eigenvalue weighted by atomic mass is 16.4. The minimum Gasteiger partial charge on any atom is -0.481 e. The Kier molecular flexibility index (Phi) is 2.91. The Labute approximate surface area is 97.9 Å². The summed E-state index contributed by atoms with van der Waals surface area (Å²) in [5, 5.41) is 16.7. The Balaban J connectivity index is 1.71. The van der Waals surface area contributed by atoms with E-state index >= 15 is 0 Å². The van der Waals surface area contributed by atoms with Gasteiger partial charge in [-0.05, 0) is 12.8 Å². The Morgan fingerprint density at radius 1 is 1.47 bits per heavy atom. The molecule has 1 atom stereocenters. The molecular formula is C10H15N3O4. The highest BCUT2D eigenvalue weighted by Gasteiger charge is 2.50. The third-order valence-corrected chi connectivity index (χ3v) is 3.21. The first-order valence-corrected chi connectivity index (χ1v) is 5.56. The smallest absolute Gasteiger partial charge is 0.315 e. The van der Waals surface area contributed by atoms with Crippen molar-refractivity contribution in [2.45, 2.75) is 25.3 Å². The number of nitrogens with one attached hydrogen (secondary N) is 3. The van der Waals surface area contributed by atoms with Gasteiger partial charge in [0.2, 0.25) is 5.91 Å². The maximum absolute atomic E-state index is 11.4. The van der Waals surface area contributed by atoms with Crippen molar-refractivity contribution in [1.82, 2.24) is 16.0 Å². The lowest BCUT2D eigenvalue weighted by atomic mass is 10.1. The molecule has 2 aliphatic rings. The van der Waals surface area contributed by atoms with Gasteiger partial charge in [-0.15, -0.1) is 0 Å². The summed E-state index contributed by atoms with van der Waals surface area (Å²) in [7, 11) is 0. The lowest BCUT2D eigenvalue weighted by Gasteiger charge is -2.14. The molecule has 1 saturated carbocycles. The lowest BCUT2D eigenvalue weighted by Crippen LogP contribution is -2.45. The number of carboxylic acid groups (broad SMARTS) is 1. The molecule has 0 radical (unpaired) electrons. The van der Waals surface area contributed by atoms with Crippen LogP contribution in [0, 0.1) is 5.41 Å². The van der Waals surface area contributed by atoms with Gasteiger partial charge in [0.05, 0.1) is 11.5 Å². The number of carboxylic acids is 1.